The minimum atomic E-state index is -1.79. The van der Waals surface area contributed by atoms with Crippen LogP contribution in [0, 0.1) is 34.5 Å². The van der Waals surface area contributed by atoms with Crippen LogP contribution in [-0.4, -0.2) is 20.2 Å². The maximum absolute atomic E-state index is 13.3. The van der Waals surface area contributed by atoms with E-state index in [1.165, 1.54) is 44.9 Å². The Bertz CT molecular complexity index is 635. The van der Waals surface area contributed by atoms with Crippen LogP contribution in [0.2, 0.25) is 18.1 Å². The molecule has 4 saturated carbocycles. The molecule has 3 heteroatoms. The molecule has 0 bridgehead atoms. The van der Waals surface area contributed by atoms with Crippen LogP contribution in [0.5, 0.6) is 0 Å². The second kappa shape index (κ2) is 6.67. The van der Waals surface area contributed by atoms with Crippen molar-refractivity contribution in [1.82, 2.24) is 0 Å². The first kappa shape index (κ1) is 21.1. The van der Waals surface area contributed by atoms with Gasteiger partial charge in [0.1, 0.15) is 5.78 Å². The molecule has 28 heavy (non-hydrogen) atoms. The molecule has 0 heterocycles. The molecule has 4 rings (SSSR count). The summed E-state index contributed by atoms with van der Waals surface area (Å²) in [6, 6.07) is 0. The Balaban J connectivity index is 1.65. The maximum Gasteiger partial charge on any atom is 0.192 e. The lowest BCUT2D eigenvalue weighted by Gasteiger charge is -2.60. The number of fused-ring (bicyclic) bond motifs is 5. The predicted octanol–water partition coefficient (Wildman–Crippen LogP) is 6.99. The van der Waals surface area contributed by atoms with Gasteiger partial charge >= 0.3 is 0 Å². The molecule has 0 aliphatic heterocycles. The molecule has 0 saturated heterocycles. The Morgan fingerprint density at radius 2 is 1.68 bits per heavy atom. The van der Waals surface area contributed by atoms with Gasteiger partial charge in [-0.15, -0.1) is 0 Å². The van der Waals surface area contributed by atoms with Crippen molar-refractivity contribution in [3.63, 3.8) is 0 Å². The van der Waals surface area contributed by atoms with Gasteiger partial charge in [-0.2, -0.15) is 0 Å². The van der Waals surface area contributed by atoms with E-state index in [0.29, 0.717) is 35.1 Å². The van der Waals surface area contributed by atoms with E-state index in [-0.39, 0.29) is 10.5 Å². The highest BCUT2D eigenvalue weighted by Crippen LogP contribution is 2.66. The van der Waals surface area contributed by atoms with Crippen LogP contribution in [0.4, 0.5) is 0 Å². The van der Waals surface area contributed by atoms with Gasteiger partial charge in [-0.1, -0.05) is 47.5 Å². The van der Waals surface area contributed by atoms with E-state index in [9.17, 15) is 4.79 Å². The Labute approximate surface area is 174 Å². The first-order valence-corrected chi connectivity index (χ1v) is 15.0. The molecule has 0 N–H and O–H groups in total. The van der Waals surface area contributed by atoms with Gasteiger partial charge in [0.05, 0.1) is 0 Å². The molecular weight excluding hydrogens is 360 g/mol. The zero-order valence-corrected chi connectivity index (χ0v) is 20.6. The summed E-state index contributed by atoms with van der Waals surface area (Å²) in [7, 11) is -1.79. The number of hydrogen-bond acceptors (Lipinski definition) is 2. The minimum absolute atomic E-state index is 0.253. The zero-order chi connectivity index (χ0) is 20.5. The maximum atomic E-state index is 13.3. The summed E-state index contributed by atoms with van der Waals surface area (Å²) in [4.78, 5) is 13.3. The van der Waals surface area contributed by atoms with E-state index in [4.69, 9.17) is 4.43 Å². The van der Waals surface area contributed by atoms with Crippen LogP contribution in [0.15, 0.2) is 0 Å². The first-order chi connectivity index (χ1) is 12.9. The number of carbonyl (C=O) groups excluding carboxylic acids is 1. The van der Waals surface area contributed by atoms with Crippen molar-refractivity contribution in [1.29, 1.82) is 0 Å². The quantitative estimate of drug-likeness (QED) is 0.464. The summed E-state index contributed by atoms with van der Waals surface area (Å²) < 4.78 is 7.08. The van der Waals surface area contributed by atoms with Crippen molar-refractivity contribution in [3.05, 3.63) is 0 Å². The monoisotopic (exact) mass is 404 g/mol. The largest absolute Gasteiger partial charge is 0.414 e. The first-order valence-electron chi connectivity index (χ1n) is 12.1. The van der Waals surface area contributed by atoms with Crippen molar-refractivity contribution in [2.24, 2.45) is 34.5 Å². The topological polar surface area (TPSA) is 26.3 Å². The Kier molecular flexibility index (Phi) is 5.03. The van der Waals surface area contributed by atoms with E-state index in [1.807, 2.05) is 0 Å². The van der Waals surface area contributed by atoms with Crippen LogP contribution in [0.3, 0.4) is 0 Å². The van der Waals surface area contributed by atoms with Crippen LogP contribution in [0.25, 0.3) is 0 Å². The van der Waals surface area contributed by atoms with Gasteiger partial charge in [0, 0.05) is 18.4 Å². The van der Waals surface area contributed by atoms with Gasteiger partial charge in [-0.3, -0.25) is 4.79 Å². The zero-order valence-electron chi connectivity index (χ0n) is 19.6. The lowest BCUT2D eigenvalue weighted by atomic mass is 9.45. The molecule has 0 aromatic rings. The van der Waals surface area contributed by atoms with Crippen molar-refractivity contribution in [3.8, 4) is 0 Å². The average Bonchev–Trinajstić information content (AvgIpc) is 2.90. The molecule has 1 unspecified atom stereocenters. The molecule has 7 atom stereocenters. The van der Waals surface area contributed by atoms with Gasteiger partial charge in [0.2, 0.25) is 0 Å². The van der Waals surface area contributed by atoms with Crippen LogP contribution < -0.4 is 0 Å². The van der Waals surface area contributed by atoms with Gasteiger partial charge < -0.3 is 4.43 Å². The average molecular weight is 405 g/mol. The van der Waals surface area contributed by atoms with E-state index in [0.717, 1.165) is 18.8 Å². The molecule has 0 aromatic carbocycles. The second-order valence-corrected chi connectivity index (χ2v) is 17.7. The highest BCUT2D eigenvalue weighted by molar-refractivity contribution is 6.74. The van der Waals surface area contributed by atoms with E-state index in [2.05, 4.69) is 47.7 Å². The third-order valence-electron chi connectivity index (χ3n) is 10.4. The normalized spacial score (nSPS) is 46.7. The molecule has 160 valence electrons. The second-order valence-electron chi connectivity index (χ2n) is 12.9. The molecule has 4 fully saturated rings. The van der Waals surface area contributed by atoms with Crippen molar-refractivity contribution < 1.29 is 9.22 Å². The lowest BCUT2D eigenvalue weighted by molar-refractivity contribution is -0.156. The fraction of sp³-hybridized carbons (Fsp3) is 0.960. The van der Waals surface area contributed by atoms with E-state index >= 15 is 0 Å². The fourth-order valence-corrected chi connectivity index (χ4v) is 9.16. The number of hydrogen-bond donors (Lipinski definition) is 0. The van der Waals surface area contributed by atoms with E-state index < -0.39 is 8.32 Å². The summed E-state index contributed by atoms with van der Waals surface area (Å²) in [5.41, 5.74) is 0.663. The van der Waals surface area contributed by atoms with Crippen molar-refractivity contribution in [2.45, 2.75) is 117 Å². The minimum Gasteiger partial charge on any atom is -0.414 e. The molecule has 0 spiro atoms. The Morgan fingerprint density at radius 3 is 2.36 bits per heavy atom. The third-order valence-corrected chi connectivity index (χ3v) is 14.9. The lowest BCUT2D eigenvalue weighted by Crippen LogP contribution is -2.57. The fourth-order valence-electron chi connectivity index (χ4n) is 7.78. The van der Waals surface area contributed by atoms with Gasteiger partial charge in [-0.25, -0.2) is 0 Å². The summed E-state index contributed by atoms with van der Waals surface area (Å²) in [5.74, 6) is 2.88. The van der Waals surface area contributed by atoms with Gasteiger partial charge in [0.25, 0.3) is 0 Å². The Morgan fingerprint density at radius 1 is 1.00 bits per heavy atom. The summed E-state index contributed by atoms with van der Waals surface area (Å²) >= 11 is 0. The van der Waals surface area contributed by atoms with Crippen LogP contribution >= 0.6 is 0 Å². The van der Waals surface area contributed by atoms with Gasteiger partial charge in [-0.05, 0) is 85.2 Å². The standard InChI is InChI=1S/C25H44O2Si/c1-23(2,3)28(6,7)27-21-12-15-24(4)14-11-18-17(22(21)24)16-20(26)19-10-8-9-13-25(18,19)5/h17-19,21-22H,8-16H2,1-7H3/t17-,18+,19-,21?,22-,24-,25-/m1/s1. The third kappa shape index (κ3) is 3.09. The Hall–Kier alpha value is -0.153. The highest BCUT2D eigenvalue weighted by Gasteiger charge is 2.62. The van der Waals surface area contributed by atoms with Crippen molar-refractivity contribution >= 4 is 14.1 Å². The smallest absolute Gasteiger partial charge is 0.192 e. The summed E-state index contributed by atoms with van der Waals surface area (Å²) in [5, 5.41) is 0.253. The van der Waals surface area contributed by atoms with Crippen molar-refractivity contribution in [2.75, 3.05) is 0 Å². The molecule has 4 aliphatic carbocycles. The SMILES string of the molecule is CC(C)(C)[Si](C)(C)OC1CC[C@@]2(C)CC[C@H]3[C@@H](CC(=O)[C@H]4CCCC[C@@]43C)[C@H]12. The van der Waals surface area contributed by atoms with Crippen LogP contribution in [0.1, 0.15) is 92.4 Å². The van der Waals surface area contributed by atoms with E-state index in [1.54, 1.807) is 0 Å². The van der Waals surface area contributed by atoms with Crippen LogP contribution in [-0.2, 0) is 9.22 Å². The predicted molar refractivity (Wildman–Crippen MR) is 119 cm³/mol. The highest BCUT2D eigenvalue weighted by atomic mass is 28.4. The van der Waals surface area contributed by atoms with Gasteiger partial charge in [0.15, 0.2) is 8.32 Å². The molecular formula is C25H44O2Si. The molecule has 0 amide bonds. The number of Topliss-reactive ketones (excluding diaryl/α,β-unsaturated/α-hetero) is 1. The summed E-state index contributed by atoms with van der Waals surface area (Å²) in [6.07, 6.45) is 11.5. The number of carbonyl (C=O) groups is 1. The molecule has 0 radical (unpaired) electrons. The molecule has 2 nitrogen and oxygen atoms in total. The molecule has 0 aromatic heterocycles. The number of rotatable bonds is 2. The summed E-state index contributed by atoms with van der Waals surface area (Å²) in [6.45, 7) is 16.9. The molecule has 4 aliphatic rings. The number of ketones is 1.